The van der Waals surface area contributed by atoms with Crippen molar-refractivity contribution in [1.82, 2.24) is 9.97 Å². The molecule has 0 N–H and O–H groups in total. The zero-order chi connectivity index (χ0) is 15.9. The monoisotopic (exact) mass is 330 g/mol. The van der Waals surface area contributed by atoms with Crippen LogP contribution in [0.25, 0.3) is 11.1 Å². The molecule has 2 nitrogen and oxygen atoms in total. The first-order chi connectivity index (χ1) is 10.8. The molecule has 4 heteroatoms. The number of rotatable bonds is 3. The van der Waals surface area contributed by atoms with E-state index in [-0.39, 0.29) is 0 Å². The highest BCUT2D eigenvalue weighted by molar-refractivity contribution is 8.02. The molecule has 3 rings (SSSR count). The van der Waals surface area contributed by atoms with Gasteiger partial charge in [0.2, 0.25) is 0 Å². The van der Waals surface area contributed by atoms with Crippen molar-refractivity contribution in [3.63, 3.8) is 0 Å². The lowest BCUT2D eigenvalue weighted by Crippen LogP contribution is -2.37. The van der Waals surface area contributed by atoms with E-state index in [1.165, 1.54) is 20.9 Å². The molecule has 2 heterocycles. The first kappa shape index (κ1) is 17.0. The van der Waals surface area contributed by atoms with Crippen LogP contribution in [0.2, 0.25) is 0 Å². The summed E-state index contributed by atoms with van der Waals surface area (Å²) in [7, 11) is 0. The molecule has 2 aromatic rings. The van der Waals surface area contributed by atoms with Crippen LogP contribution in [0.3, 0.4) is 0 Å². The summed E-state index contributed by atoms with van der Waals surface area (Å²) < 4.78 is 0. The average molecular weight is 331 g/mol. The molecule has 116 valence electrons. The van der Waals surface area contributed by atoms with Crippen LogP contribution in [0.15, 0.2) is 40.9 Å². The number of thiophene rings is 1. The van der Waals surface area contributed by atoms with Crippen molar-refractivity contribution in [3.8, 4) is 0 Å². The summed E-state index contributed by atoms with van der Waals surface area (Å²) in [6, 6.07) is 4.27. The van der Waals surface area contributed by atoms with Gasteiger partial charge < -0.3 is 0 Å². The second-order valence-electron chi connectivity index (χ2n) is 4.55. The lowest BCUT2D eigenvalue weighted by atomic mass is 9.97. The Kier molecular flexibility index (Phi) is 6.40. The lowest BCUT2D eigenvalue weighted by Gasteiger charge is -2.16. The third kappa shape index (κ3) is 3.33. The Morgan fingerprint density at radius 2 is 1.91 bits per heavy atom. The van der Waals surface area contributed by atoms with Gasteiger partial charge in [-0.15, -0.1) is 23.1 Å². The van der Waals surface area contributed by atoms with E-state index in [0.717, 1.165) is 23.5 Å². The van der Waals surface area contributed by atoms with E-state index in [9.17, 15) is 0 Å². The number of allylic oxidation sites excluding steroid dienone is 2. The maximum Gasteiger partial charge on any atom is 0.0936 e. The third-order valence-electron chi connectivity index (χ3n) is 3.49. The van der Waals surface area contributed by atoms with Gasteiger partial charge in [-0.3, -0.25) is 9.97 Å². The summed E-state index contributed by atoms with van der Waals surface area (Å²) in [5, 5.41) is 4.24. The molecule has 0 fully saturated rings. The van der Waals surface area contributed by atoms with Gasteiger partial charge in [-0.25, -0.2) is 0 Å². The molecule has 22 heavy (non-hydrogen) atoms. The molecular weight excluding hydrogens is 308 g/mol. The van der Waals surface area contributed by atoms with Crippen LogP contribution in [0.4, 0.5) is 0 Å². The maximum atomic E-state index is 4.61. The minimum absolute atomic E-state index is 1.04. The third-order valence-corrected chi connectivity index (χ3v) is 5.34. The lowest BCUT2D eigenvalue weighted by molar-refractivity contribution is 0.974. The highest BCUT2D eigenvalue weighted by Gasteiger charge is 2.17. The minimum atomic E-state index is 1.04. The van der Waals surface area contributed by atoms with Crippen molar-refractivity contribution < 1.29 is 0 Å². The number of hydrogen-bond donors (Lipinski definition) is 0. The molecule has 0 saturated carbocycles. The molecule has 0 aromatic carbocycles. The Bertz CT molecular complexity index is 759. The topological polar surface area (TPSA) is 25.8 Å². The zero-order valence-electron chi connectivity index (χ0n) is 13.6. The second kappa shape index (κ2) is 8.30. The van der Waals surface area contributed by atoms with Crippen LogP contribution in [0, 0.1) is 0 Å². The van der Waals surface area contributed by atoms with E-state index in [4.69, 9.17) is 0 Å². The molecule has 1 aliphatic carbocycles. The SMILES string of the molecule is C/C=C(\SC)C1=c2nccnc2=C(c2cccs2)CC1.CC. The summed E-state index contributed by atoms with van der Waals surface area (Å²) in [5.41, 5.74) is 2.67. The molecule has 0 radical (unpaired) electrons. The van der Waals surface area contributed by atoms with Crippen molar-refractivity contribution in [1.29, 1.82) is 0 Å². The summed E-state index contributed by atoms with van der Waals surface area (Å²) in [6.45, 7) is 6.09. The highest BCUT2D eigenvalue weighted by Crippen LogP contribution is 2.31. The van der Waals surface area contributed by atoms with Gasteiger partial charge in [-0.1, -0.05) is 26.0 Å². The van der Waals surface area contributed by atoms with Gasteiger partial charge in [0, 0.05) is 22.2 Å². The molecule has 0 amide bonds. The molecule has 0 unspecified atom stereocenters. The van der Waals surface area contributed by atoms with Gasteiger partial charge in [0.1, 0.15) is 0 Å². The molecule has 0 bridgehead atoms. The Morgan fingerprint density at radius 1 is 1.18 bits per heavy atom. The van der Waals surface area contributed by atoms with E-state index in [1.54, 1.807) is 35.5 Å². The summed E-state index contributed by atoms with van der Waals surface area (Å²) >= 11 is 3.57. The zero-order valence-corrected chi connectivity index (χ0v) is 15.2. The summed E-state index contributed by atoms with van der Waals surface area (Å²) in [5.74, 6) is 0. The van der Waals surface area contributed by atoms with Crippen molar-refractivity contribution in [3.05, 3.63) is 56.5 Å². The van der Waals surface area contributed by atoms with E-state index in [0.29, 0.717) is 0 Å². The smallest absolute Gasteiger partial charge is 0.0936 e. The Hall–Kier alpha value is -1.39. The number of fused-ring (bicyclic) bond motifs is 1. The van der Waals surface area contributed by atoms with Gasteiger partial charge in [-0.05, 0) is 48.6 Å². The van der Waals surface area contributed by atoms with E-state index >= 15 is 0 Å². The normalized spacial score (nSPS) is 14.3. The highest BCUT2D eigenvalue weighted by atomic mass is 32.2. The van der Waals surface area contributed by atoms with Crippen LogP contribution in [-0.2, 0) is 0 Å². The summed E-state index contributed by atoms with van der Waals surface area (Å²) in [4.78, 5) is 11.8. The molecule has 2 aromatic heterocycles. The molecular formula is C18H22N2S2. The van der Waals surface area contributed by atoms with Gasteiger partial charge in [-0.2, -0.15) is 0 Å². The fourth-order valence-corrected chi connectivity index (χ4v) is 4.09. The predicted octanol–water partition coefficient (Wildman–Crippen LogP) is 3.97. The van der Waals surface area contributed by atoms with Gasteiger partial charge in [0.25, 0.3) is 0 Å². The molecule has 0 saturated heterocycles. The predicted molar refractivity (Wildman–Crippen MR) is 99.4 cm³/mol. The average Bonchev–Trinajstić information content (AvgIpc) is 3.12. The largest absolute Gasteiger partial charge is 0.253 e. The van der Waals surface area contributed by atoms with E-state index < -0.39 is 0 Å². The van der Waals surface area contributed by atoms with E-state index in [1.807, 2.05) is 13.8 Å². The fourth-order valence-electron chi connectivity index (χ4n) is 2.61. The van der Waals surface area contributed by atoms with Crippen LogP contribution in [0.5, 0.6) is 0 Å². The van der Waals surface area contributed by atoms with Crippen LogP contribution in [0.1, 0.15) is 38.5 Å². The molecule has 0 aliphatic heterocycles. The van der Waals surface area contributed by atoms with Crippen LogP contribution < -0.4 is 10.7 Å². The van der Waals surface area contributed by atoms with Gasteiger partial charge in [0.05, 0.1) is 10.7 Å². The van der Waals surface area contributed by atoms with Crippen molar-refractivity contribution in [2.45, 2.75) is 33.6 Å². The van der Waals surface area contributed by atoms with Crippen LogP contribution >= 0.6 is 23.1 Å². The quantitative estimate of drug-likeness (QED) is 0.851. The standard InChI is InChI=1S/C16H16N2S2.C2H6/c1-3-13(19-2)11-6-7-12(14-5-4-10-20-14)16-15(11)17-8-9-18-16;1-2/h3-5,8-10H,6-7H2,1-2H3;1-2H3/b13-3-;. The van der Waals surface area contributed by atoms with Crippen LogP contribution in [-0.4, -0.2) is 16.2 Å². The number of aromatic nitrogens is 2. The molecule has 0 atom stereocenters. The minimum Gasteiger partial charge on any atom is -0.253 e. The van der Waals surface area contributed by atoms with E-state index in [2.05, 4.69) is 46.7 Å². The Balaban J connectivity index is 0.000000847. The maximum absolute atomic E-state index is 4.61. The van der Waals surface area contributed by atoms with Crippen molar-refractivity contribution >= 4 is 34.2 Å². The Labute approximate surface area is 140 Å². The first-order valence-corrected chi connectivity index (χ1v) is 9.73. The van der Waals surface area contributed by atoms with Crippen molar-refractivity contribution in [2.75, 3.05) is 6.26 Å². The Morgan fingerprint density at radius 3 is 2.50 bits per heavy atom. The molecule has 0 spiro atoms. The first-order valence-electron chi connectivity index (χ1n) is 7.63. The second-order valence-corrected chi connectivity index (χ2v) is 6.34. The summed E-state index contributed by atoms with van der Waals surface area (Å²) in [6.07, 6.45) is 9.97. The fraction of sp³-hybridized carbons (Fsp3) is 0.333. The number of nitrogens with zero attached hydrogens (tertiary/aromatic N) is 2. The molecule has 1 aliphatic rings. The number of hydrogen-bond acceptors (Lipinski definition) is 4. The van der Waals surface area contributed by atoms with Gasteiger partial charge >= 0.3 is 0 Å². The van der Waals surface area contributed by atoms with Gasteiger partial charge in [0.15, 0.2) is 0 Å². The van der Waals surface area contributed by atoms with Crippen molar-refractivity contribution in [2.24, 2.45) is 0 Å². The number of thioether (sulfide) groups is 1.